The van der Waals surface area contributed by atoms with Crippen molar-refractivity contribution in [3.05, 3.63) is 24.3 Å². The Morgan fingerprint density at radius 1 is 1.46 bits per heavy atom. The maximum absolute atomic E-state index is 11.0. The summed E-state index contributed by atoms with van der Waals surface area (Å²) in [5.74, 6) is -0.420. The molecule has 0 amide bonds. The topological polar surface area (TPSA) is 44.8 Å². The van der Waals surface area contributed by atoms with Crippen molar-refractivity contribution in [1.82, 2.24) is 0 Å². The Morgan fingerprint density at radius 2 is 2.15 bits per heavy atom. The van der Waals surface area contributed by atoms with Crippen LogP contribution in [-0.2, 0) is 19.0 Å². The zero-order valence-electron chi connectivity index (χ0n) is 7.91. The highest BCUT2D eigenvalue weighted by molar-refractivity contribution is 5.88. The summed E-state index contributed by atoms with van der Waals surface area (Å²) < 4.78 is 14.2. The molecule has 0 N–H and O–H groups in total. The Balaban J connectivity index is 4.03. The van der Waals surface area contributed by atoms with Gasteiger partial charge in [0.25, 0.3) is 0 Å². The van der Waals surface area contributed by atoms with Crippen LogP contribution in [0, 0.1) is 0 Å². The van der Waals surface area contributed by atoms with E-state index in [1.54, 1.807) is 6.08 Å². The van der Waals surface area contributed by atoms with Gasteiger partial charge >= 0.3 is 5.97 Å². The Morgan fingerprint density at radius 3 is 2.62 bits per heavy atom. The van der Waals surface area contributed by atoms with Gasteiger partial charge in [-0.3, -0.25) is 0 Å². The summed E-state index contributed by atoms with van der Waals surface area (Å²) >= 11 is 0. The van der Waals surface area contributed by atoms with Gasteiger partial charge in [0.15, 0.2) is 0 Å². The summed E-state index contributed by atoms with van der Waals surface area (Å²) in [5.41, 5.74) is 0.412. The Kier molecular flexibility index (Phi) is 6.86. The molecule has 0 atom stereocenters. The molecule has 0 unspecified atom stereocenters. The van der Waals surface area contributed by atoms with Crippen molar-refractivity contribution in [2.75, 3.05) is 27.6 Å². The van der Waals surface area contributed by atoms with Gasteiger partial charge in [-0.05, 0) is 0 Å². The molecule has 4 heteroatoms. The minimum Gasteiger partial charge on any atom is -0.466 e. The third-order valence-electron chi connectivity index (χ3n) is 1.23. The number of carbonyl (C=O) groups excluding carboxylic acids is 1. The molecule has 0 aliphatic rings. The zero-order valence-corrected chi connectivity index (χ0v) is 7.91. The van der Waals surface area contributed by atoms with E-state index in [-0.39, 0.29) is 13.4 Å². The third kappa shape index (κ3) is 5.16. The molecule has 4 nitrogen and oxygen atoms in total. The van der Waals surface area contributed by atoms with Crippen LogP contribution in [0.1, 0.15) is 0 Å². The van der Waals surface area contributed by atoms with Gasteiger partial charge in [0, 0.05) is 7.11 Å². The van der Waals surface area contributed by atoms with Crippen molar-refractivity contribution < 1.29 is 19.0 Å². The first-order valence-corrected chi connectivity index (χ1v) is 3.72. The van der Waals surface area contributed by atoms with Crippen LogP contribution in [-0.4, -0.2) is 33.6 Å². The van der Waals surface area contributed by atoms with Crippen molar-refractivity contribution in [3.8, 4) is 0 Å². The predicted octanol–water partition coefficient (Wildman–Crippen LogP) is 0.892. The lowest BCUT2D eigenvalue weighted by Gasteiger charge is -2.04. The van der Waals surface area contributed by atoms with Crippen LogP contribution in [0.25, 0.3) is 0 Å². The second kappa shape index (κ2) is 7.52. The number of hydrogen-bond donors (Lipinski definition) is 0. The molecule has 74 valence electrons. The number of carbonyl (C=O) groups is 1. The molecule has 0 aromatic carbocycles. The normalized spacial score (nSPS) is 11.1. The lowest BCUT2D eigenvalue weighted by molar-refractivity contribution is -0.137. The lowest BCUT2D eigenvalue weighted by atomic mass is 10.2. The number of ether oxygens (including phenoxy) is 3. The third-order valence-corrected chi connectivity index (χ3v) is 1.23. The van der Waals surface area contributed by atoms with Gasteiger partial charge in [-0.15, -0.1) is 0 Å². The largest absolute Gasteiger partial charge is 0.466 e. The van der Waals surface area contributed by atoms with Gasteiger partial charge in [0.1, 0.15) is 6.79 Å². The first kappa shape index (κ1) is 11.9. The highest BCUT2D eigenvalue weighted by atomic mass is 16.7. The van der Waals surface area contributed by atoms with Gasteiger partial charge in [-0.25, -0.2) is 4.79 Å². The van der Waals surface area contributed by atoms with E-state index in [4.69, 9.17) is 4.74 Å². The fourth-order valence-corrected chi connectivity index (χ4v) is 0.683. The molecular formula is C9H14O4. The molecule has 0 spiro atoms. The molecule has 0 radical (unpaired) electrons. The molecule has 0 fully saturated rings. The van der Waals surface area contributed by atoms with Gasteiger partial charge in [-0.2, -0.15) is 0 Å². The van der Waals surface area contributed by atoms with Crippen molar-refractivity contribution in [2.24, 2.45) is 0 Å². The van der Waals surface area contributed by atoms with Gasteiger partial charge < -0.3 is 14.2 Å². The van der Waals surface area contributed by atoms with Crippen molar-refractivity contribution in [2.45, 2.75) is 0 Å². The molecule has 13 heavy (non-hydrogen) atoms. The molecular weight excluding hydrogens is 172 g/mol. The van der Waals surface area contributed by atoms with Crippen LogP contribution < -0.4 is 0 Å². The highest BCUT2D eigenvalue weighted by Crippen LogP contribution is 1.98. The van der Waals surface area contributed by atoms with E-state index in [9.17, 15) is 4.79 Å². The molecule has 0 aliphatic heterocycles. The minimum atomic E-state index is -0.420. The van der Waals surface area contributed by atoms with E-state index in [1.807, 2.05) is 0 Å². The van der Waals surface area contributed by atoms with E-state index in [0.717, 1.165) is 0 Å². The summed E-state index contributed by atoms with van der Waals surface area (Å²) in [6.07, 6.45) is 3.05. The van der Waals surface area contributed by atoms with Crippen molar-refractivity contribution in [1.29, 1.82) is 0 Å². The van der Waals surface area contributed by atoms with E-state index in [0.29, 0.717) is 5.57 Å². The van der Waals surface area contributed by atoms with E-state index in [2.05, 4.69) is 16.1 Å². The minimum absolute atomic E-state index is 0.144. The molecule has 0 saturated carbocycles. The Labute approximate surface area is 77.8 Å². The number of hydrogen-bond acceptors (Lipinski definition) is 4. The molecule has 0 rings (SSSR count). The molecule has 0 aromatic rings. The van der Waals surface area contributed by atoms with E-state index in [1.165, 1.54) is 20.3 Å². The fraction of sp³-hybridized carbons (Fsp3) is 0.444. The molecule has 0 saturated heterocycles. The standard InChI is InChI=1S/C9H14O4/c1-4-5-8(9(10)12-3)6-13-7-11-2/h4-5H,1,6-7H2,2-3H3/b8-5+. The highest BCUT2D eigenvalue weighted by Gasteiger charge is 2.07. The molecule has 0 aromatic heterocycles. The van der Waals surface area contributed by atoms with Crippen LogP contribution in [0.3, 0.4) is 0 Å². The van der Waals surface area contributed by atoms with E-state index >= 15 is 0 Å². The van der Waals surface area contributed by atoms with Crippen LogP contribution >= 0.6 is 0 Å². The predicted molar refractivity (Wildman–Crippen MR) is 48.1 cm³/mol. The lowest BCUT2D eigenvalue weighted by Crippen LogP contribution is -2.11. The number of methoxy groups -OCH3 is 2. The summed E-state index contributed by atoms with van der Waals surface area (Å²) in [5, 5.41) is 0. The van der Waals surface area contributed by atoms with Gasteiger partial charge in [0.05, 0.1) is 19.3 Å². The van der Waals surface area contributed by atoms with Crippen LogP contribution in [0.4, 0.5) is 0 Å². The summed E-state index contributed by atoms with van der Waals surface area (Å²) in [4.78, 5) is 11.0. The monoisotopic (exact) mass is 186 g/mol. The maximum Gasteiger partial charge on any atom is 0.336 e. The van der Waals surface area contributed by atoms with Crippen LogP contribution in [0.5, 0.6) is 0 Å². The fourth-order valence-electron chi connectivity index (χ4n) is 0.683. The first-order chi connectivity index (χ1) is 6.26. The van der Waals surface area contributed by atoms with Gasteiger partial charge in [0.2, 0.25) is 0 Å². The maximum atomic E-state index is 11.0. The Bertz CT molecular complexity index is 196. The Hall–Kier alpha value is -1.13. The van der Waals surface area contributed by atoms with Crippen LogP contribution in [0.2, 0.25) is 0 Å². The molecule has 0 heterocycles. The summed E-state index contributed by atoms with van der Waals surface area (Å²) in [6, 6.07) is 0. The molecule has 0 bridgehead atoms. The number of rotatable bonds is 6. The smallest absolute Gasteiger partial charge is 0.336 e. The summed E-state index contributed by atoms with van der Waals surface area (Å²) in [6.45, 7) is 3.78. The second-order valence-electron chi connectivity index (χ2n) is 2.17. The van der Waals surface area contributed by atoms with Crippen LogP contribution in [0.15, 0.2) is 24.3 Å². The summed E-state index contributed by atoms with van der Waals surface area (Å²) in [7, 11) is 2.82. The zero-order chi connectivity index (χ0) is 10.1. The number of allylic oxidation sites excluding steroid dienone is 2. The molecule has 0 aliphatic carbocycles. The average Bonchev–Trinajstić information content (AvgIpc) is 2.16. The SMILES string of the molecule is C=C/C=C(\COCOC)C(=O)OC. The number of esters is 1. The van der Waals surface area contributed by atoms with Crippen molar-refractivity contribution in [3.63, 3.8) is 0 Å². The first-order valence-electron chi connectivity index (χ1n) is 3.72. The average molecular weight is 186 g/mol. The van der Waals surface area contributed by atoms with Crippen molar-refractivity contribution >= 4 is 5.97 Å². The van der Waals surface area contributed by atoms with Gasteiger partial charge in [-0.1, -0.05) is 18.7 Å². The second-order valence-corrected chi connectivity index (χ2v) is 2.17. The quantitative estimate of drug-likeness (QED) is 0.203. The van der Waals surface area contributed by atoms with E-state index < -0.39 is 5.97 Å².